The van der Waals surface area contributed by atoms with Gasteiger partial charge in [0, 0.05) is 6.20 Å². The third-order valence-electron chi connectivity index (χ3n) is 3.73. The third kappa shape index (κ3) is 3.36. The van der Waals surface area contributed by atoms with Gasteiger partial charge in [0.05, 0.1) is 6.10 Å². The number of nitrogens with zero attached hydrogens (tertiary/aromatic N) is 2. The summed E-state index contributed by atoms with van der Waals surface area (Å²) in [5, 5.41) is 11.8. The zero-order chi connectivity index (χ0) is 13.7. The molecular formula is C14H21N3O2. The Morgan fingerprint density at radius 2 is 2.42 bits per heavy atom. The van der Waals surface area contributed by atoms with Gasteiger partial charge in [-0.05, 0) is 37.3 Å². The Kier molecular flexibility index (Phi) is 4.60. The van der Waals surface area contributed by atoms with E-state index in [0.29, 0.717) is 11.4 Å². The molecule has 3 N–H and O–H groups in total. The molecule has 0 amide bonds. The van der Waals surface area contributed by atoms with Crippen LogP contribution in [-0.4, -0.2) is 22.1 Å². The molecule has 1 aromatic heterocycles. The lowest BCUT2D eigenvalue weighted by molar-refractivity contribution is 0.121. The minimum Gasteiger partial charge on any atom is -0.488 e. The molecule has 19 heavy (non-hydrogen) atoms. The maximum Gasteiger partial charge on any atom is 0.192 e. The Morgan fingerprint density at radius 1 is 1.58 bits per heavy atom. The van der Waals surface area contributed by atoms with E-state index in [9.17, 15) is 0 Å². The van der Waals surface area contributed by atoms with Gasteiger partial charge >= 0.3 is 0 Å². The average Bonchev–Trinajstić information content (AvgIpc) is 2.47. The largest absolute Gasteiger partial charge is 0.488 e. The highest BCUT2D eigenvalue weighted by atomic mass is 16.5. The van der Waals surface area contributed by atoms with Gasteiger partial charge in [0.15, 0.2) is 11.5 Å². The van der Waals surface area contributed by atoms with Gasteiger partial charge in [0.2, 0.25) is 0 Å². The molecule has 0 bridgehead atoms. The predicted octanol–water partition coefficient (Wildman–Crippen LogP) is 2.52. The monoisotopic (exact) mass is 263 g/mol. The number of hydrogen-bond donors (Lipinski definition) is 2. The lowest BCUT2D eigenvalue weighted by Gasteiger charge is -2.29. The van der Waals surface area contributed by atoms with Crippen molar-refractivity contribution in [1.29, 1.82) is 0 Å². The van der Waals surface area contributed by atoms with E-state index in [4.69, 9.17) is 15.7 Å². The van der Waals surface area contributed by atoms with Gasteiger partial charge in [-0.2, -0.15) is 0 Å². The molecule has 5 heteroatoms. The Bertz CT molecular complexity index is 448. The molecule has 2 rings (SSSR count). The molecular weight excluding hydrogens is 242 g/mol. The van der Waals surface area contributed by atoms with Crippen molar-refractivity contribution in [2.24, 2.45) is 16.8 Å². The summed E-state index contributed by atoms with van der Waals surface area (Å²) in [4.78, 5) is 4.11. The van der Waals surface area contributed by atoms with Gasteiger partial charge in [-0.3, -0.25) is 0 Å². The number of oxime groups is 1. The van der Waals surface area contributed by atoms with Crippen molar-refractivity contribution in [3.8, 4) is 5.75 Å². The molecule has 0 radical (unpaired) electrons. The molecule has 1 fully saturated rings. The first-order valence-corrected chi connectivity index (χ1v) is 6.84. The van der Waals surface area contributed by atoms with Gasteiger partial charge in [-0.1, -0.05) is 24.9 Å². The van der Waals surface area contributed by atoms with Gasteiger partial charge < -0.3 is 15.7 Å². The SMILES string of the molecule is CCC1CCCC(Oc2cccnc2/C(N)=N/O)C1. The third-order valence-corrected chi connectivity index (χ3v) is 3.73. The molecule has 2 atom stereocenters. The summed E-state index contributed by atoms with van der Waals surface area (Å²) < 4.78 is 6.01. The maximum absolute atomic E-state index is 8.77. The zero-order valence-corrected chi connectivity index (χ0v) is 11.2. The first-order chi connectivity index (χ1) is 9.24. The van der Waals surface area contributed by atoms with Gasteiger partial charge in [-0.25, -0.2) is 4.98 Å². The summed E-state index contributed by atoms with van der Waals surface area (Å²) in [5.74, 6) is 1.32. The van der Waals surface area contributed by atoms with E-state index in [1.807, 2.05) is 6.07 Å². The van der Waals surface area contributed by atoms with Gasteiger partial charge in [0.1, 0.15) is 5.75 Å². The molecule has 1 saturated carbocycles. The highest BCUT2D eigenvalue weighted by Crippen LogP contribution is 2.30. The van der Waals surface area contributed by atoms with Crippen molar-refractivity contribution in [3.63, 3.8) is 0 Å². The van der Waals surface area contributed by atoms with Crippen LogP contribution < -0.4 is 10.5 Å². The summed E-state index contributed by atoms with van der Waals surface area (Å²) in [5.41, 5.74) is 6.02. The molecule has 5 nitrogen and oxygen atoms in total. The standard InChI is InChI=1S/C14H21N3O2/c1-2-10-5-3-6-11(9-10)19-12-7-4-8-16-13(12)14(15)17-18/h4,7-8,10-11,18H,2-3,5-6,9H2,1H3,(H2,15,17). The fraction of sp³-hybridized carbons (Fsp3) is 0.571. The predicted molar refractivity (Wildman–Crippen MR) is 73.4 cm³/mol. The molecule has 0 aromatic carbocycles. The summed E-state index contributed by atoms with van der Waals surface area (Å²) >= 11 is 0. The highest BCUT2D eigenvalue weighted by molar-refractivity contribution is 5.97. The van der Waals surface area contributed by atoms with Crippen LogP contribution in [0.5, 0.6) is 5.75 Å². The van der Waals surface area contributed by atoms with E-state index >= 15 is 0 Å². The Labute approximate surface area is 113 Å². The van der Waals surface area contributed by atoms with Crippen LogP contribution in [0.15, 0.2) is 23.5 Å². The van der Waals surface area contributed by atoms with Crippen molar-refractivity contribution >= 4 is 5.84 Å². The summed E-state index contributed by atoms with van der Waals surface area (Å²) in [7, 11) is 0. The van der Waals surface area contributed by atoms with E-state index in [2.05, 4.69) is 17.1 Å². The van der Waals surface area contributed by atoms with E-state index in [-0.39, 0.29) is 11.9 Å². The quantitative estimate of drug-likeness (QED) is 0.378. The number of rotatable bonds is 4. The highest BCUT2D eigenvalue weighted by Gasteiger charge is 2.23. The molecule has 0 saturated heterocycles. The normalized spacial score (nSPS) is 24.2. The topological polar surface area (TPSA) is 80.7 Å². The first kappa shape index (κ1) is 13.6. The van der Waals surface area contributed by atoms with Crippen LogP contribution >= 0.6 is 0 Å². The molecule has 1 aliphatic rings. The van der Waals surface area contributed by atoms with Crippen LogP contribution in [-0.2, 0) is 0 Å². The molecule has 104 valence electrons. The van der Waals surface area contributed by atoms with Gasteiger partial charge in [-0.15, -0.1) is 0 Å². The number of amidine groups is 1. The van der Waals surface area contributed by atoms with Crippen LogP contribution in [0.3, 0.4) is 0 Å². The summed E-state index contributed by atoms with van der Waals surface area (Å²) in [6, 6.07) is 3.61. The Hall–Kier alpha value is -1.78. The second kappa shape index (κ2) is 6.41. The number of aromatic nitrogens is 1. The van der Waals surface area contributed by atoms with Crippen LogP contribution in [0.25, 0.3) is 0 Å². The number of nitrogens with two attached hydrogens (primary N) is 1. The lowest BCUT2D eigenvalue weighted by Crippen LogP contribution is -2.26. The minimum atomic E-state index is -0.0153. The van der Waals surface area contributed by atoms with Crippen molar-refractivity contribution in [3.05, 3.63) is 24.0 Å². The van der Waals surface area contributed by atoms with E-state index in [0.717, 1.165) is 18.8 Å². The maximum atomic E-state index is 8.77. The molecule has 1 aliphatic carbocycles. The average molecular weight is 263 g/mol. The van der Waals surface area contributed by atoms with E-state index < -0.39 is 0 Å². The van der Waals surface area contributed by atoms with Crippen LogP contribution in [0.4, 0.5) is 0 Å². The van der Waals surface area contributed by atoms with Crippen LogP contribution in [0.1, 0.15) is 44.7 Å². The fourth-order valence-electron chi connectivity index (χ4n) is 2.62. The minimum absolute atomic E-state index is 0.0153. The van der Waals surface area contributed by atoms with E-state index in [1.165, 1.54) is 19.3 Å². The fourth-order valence-corrected chi connectivity index (χ4v) is 2.62. The number of ether oxygens (including phenoxy) is 1. The molecule has 1 aromatic rings. The van der Waals surface area contributed by atoms with E-state index in [1.54, 1.807) is 12.3 Å². The molecule has 0 spiro atoms. The summed E-state index contributed by atoms with van der Waals surface area (Å²) in [6.07, 6.45) is 7.62. The molecule has 2 unspecified atom stereocenters. The van der Waals surface area contributed by atoms with Crippen molar-refractivity contribution < 1.29 is 9.94 Å². The number of pyridine rings is 1. The smallest absolute Gasteiger partial charge is 0.192 e. The van der Waals surface area contributed by atoms with Crippen molar-refractivity contribution in [1.82, 2.24) is 4.98 Å². The van der Waals surface area contributed by atoms with Crippen molar-refractivity contribution in [2.75, 3.05) is 0 Å². The van der Waals surface area contributed by atoms with Crippen molar-refractivity contribution in [2.45, 2.75) is 45.1 Å². The first-order valence-electron chi connectivity index (χ1n) is 6.84. The number of hydrogen-bond acceptors (Lipinski definition) is 4. The second-order valence-corrected chi connectivity index (χ2v) is 5.02. The zero-order valence-electron chi connectivity index (χ0n) is 11.2. The molecule has 0 aliphatic heterocycles. The van der Waals surface area contributed by atoms with Crippen LogP contribution in [0, 0.1) is 5.92 Å². The molecule has 1 heterocycles. The Balaban J connectivity index is 2.10. The second-order valence-electron chi connectivity index (χ2n) is 5.02. The Morgan fingerprint density at radius 3 is 3.16 bits per heavy atom. The summed E-state index contributed by atoms with van der Waals surface area (Å²) in [6.45, 7) is 2.22. The van der Waals surface area contributed by atoms with Crippen LogP contribution in [0.2, 0.25) is 0 Å². The van der Waals surface area contributed by atoms with Gasteiger partial charge in [0.25, 0.3) is 0 Å². The lowest BCUT2D eigenvalue weighted by atomic mass is 9.85.